The Labute approximate surface area is 428 Å². The standard InChI is InChI=1S/C60H117N3O6/c1-8-15-20-23-31-38-48-61-60(67)56(44-34-27-24-25-29-36-46-58(65)68-52-54(40-18-11-4)42-32-21-16-9-2)63(51-39-50-62(14-7)49-13-6)57(64)45-35-28-26-30-37-47-59(66)69-53-55(41-19-12-5)43-33-22-17-10-3/h54-56H,8-53H2,1-7H3,(H,61,67). The molecule has 0 saturated heterocycles. The Morgan fingerprint density at radius 3 is 1.28 bits per heavy atom. The third-order valence-corrected chi connectivity index (χ3v) is 14.4. The van der Waals surface area contributed by atoms with Gasteiger partial charge in [-0.15, -0.1) is 0 Å². The van der Waals surface area contributed by atoms with Gasteiger partial charge in [-0.2, -0.15) is 0 Å². The van der Waals surface area contributed by atoms with Crippen molar-refractivity contribution in [2.75, 3.05) is 45.9 Å². The number of hydrogen-bond acceptors (Lipinski definition) is 7. The Morgan fingerprint density at radius 1 is 0.391 bits per heavy atom. The number of nitrogens with zero attached hydrogens (tertiary/aromatic N) is 2. The number of esters is 2. The van der Waals surface area contributed by atoms with Crippen molar-refractivity contribution in [2.45, 2.75) is 305 Å². The van der Waals surface area contributed by atoms with Crippen molar-refractivity contribution < 1.29 is 28.7 Å². The van der Waals surface area contributed by atoms with Gasteiger partial charge >= 0.3 is 11.9 Å². The van der Waals surface area contributed by atoms with Gasteiger partial charge in [-0.3, -0.25) is 19.2 Å². The minimum atomic E-state index is -0.453. The van der Waals surface area contributed by atoms with Crippen LogP contribution in [0.15, 0.2) is 0 Å². The van der Waals surface area contributed by atoms with E-state index in [0.717, 1.165) is 142 Å². The molecule has 0 aliphatic rings. The Balaban J connectivity index is 5.31. The van der Waals surface area contributed by atoms with E-state index in [9.17, 15) is 19.2 Å². The molecule has 0 aromatic carbocycles. The maximum Gasteiger partial charge on any atom is 0.305 e. The first-order valence-corrected chi connectivity index (χ1v) is 30.3. The molecule has 0 saturated carbocycles. The lowest BCUT2D eigenvalue weighted by molar-refractivity contribution is -0.146. The molecular formula is C60H117N3O6. The number of carbonyl (C=O) groups is 4. The molecule has 0 rings (SSSR count). The summed E-state index contributed by atoms with van der Waals surface area (Å²) < 4.78 is 11.5. The van der Waals surface area contributed by atoms with Crippen LogP contribution in [-0.4, -0.2) is 85.5 Å². The molecule has 3 atom stereocenters. The lowest BCUT2D eigenvalue weighted by Gasteiger charge is -2.32. The van der Waals surface area contributed by atoms with Gasteiger partial charge in [-0.1, -0.05) is 209 Å². The number of amides is 2. The molecule has 0 radical (unpaired) electrons. The Kier molecular flexibility index (Phi) is 49.2. The minimum absolute atomic E-state index is 0.00859. The maximum absolute atomic E-state index is 14.2. The number of ether oxygens (including phenoxy) is 2. The van der Waals surface area contributed by atoms with Crippen LogP contribution >= 0.6 is 0 Å². The lowest BCUT2D eigenvalue weighted by Crippen LogP contribution is -2.50. The van der Waals surface area contributed by atoms with Crippen molar-refractivity contribution in [3.8, 4) is 0 Å². The van der Waals surface area contributed by atoms with E-state index in [-0.39, 0.29) is 23.8 Å². The molecule has 408 valence electrons. The summed E-state index contributed by atoms with van der Waals surface area (Å²) in [4.78, 5) is 58.0. The predicted octanol–water partition coefficient (Wildman–Crippen LogP) is 16.3. The van der Waals surface area contributed by atoms with E-state index >= 15 is 0 Å². The average molecular weight is 977 g/mol. The molecule has 69 heavy (non-hydrogen) atoms. The van der Waals surface area contributed by atoms with Crippen LogP contribution in [0.2, 0.25) is 0 Å². The van der Waals surface area contributed by atoms with E-state index in [2.05, 4.69) is 58.7 Å². The fourth-order valence-electron chi connectivity index (χ4n) is 9.75. The Morgan fingerprint density at radius 2 is 0.797 bits per heavy atom. The first-order valence-electron chi connectivity index (χ1n) is 30.3. The van der Waals surface area contributed by atoms with E-state index in [1.807, 2.05) is 4.90 Å². The fourth-order valence-corrected chi connectivity index (χ4v) is 9.75. The molecule has 2 amide bonds. The van der Waals surface area contributed by atoms with Crippen LogP contribution in [0.3, 0.4) is 0 Å². The summed E-state index contributed by atoms with van der Waals surface area (Å²) >= 11 is 0. The molecule has 0 fully saturated rings. The van der Waals surface area contributed by atoms with Crippen LogP contribution in [0.25, 0.3) is 0 Å². The second-order valence-electron chi connectivity index (χ2n) is 21.0. The fraction of sp³-hybridized carbons (Fsp3) is 0.933. The smallest absolute Gasteiger partial charge is 0.305 e. The third kappa shape index (κ3) is 41.1. The van der Waals surface area contributed by atoms with Crippen LogP contribution in [0.5, 0.6) is 0 Å². The second-order valence-corrected chi connectivity index (χ2v) is 21.0. The molecule has 0 aliphatic heterocycles. The van der Waals surface area contributed by atoms with Gasteiger partial charge in [-0.25, -0.2) is 0 Å². The van der Waals surface area contributed by atoms with E-state index in [1.165, 1.54) is 103 Å². The summed E-state index contributed by atoms with van der Waals surface area (Å²) in [6.45, 7) is 21.0. The van der Waals surface area contributed by atoms with Crippen molar-refractivity contribution in [1.82, 2.24) is 15.1 Å². The largest absolute Gasteiger partial charge is 0.465 e. The molecule has 9 heteroatoms. The zero-order chi connectivity index (χ0) is 50.8. The van der Waals surface area contributed by atoms with Crippen molar-refractivity contribution in [3.63, 3.8) is 0 Å². The summed E-state index contributed by atoms with van der Waals surface area (Å²) in [5.74, 6) is 0.975. The van der Waals surface area contributed by atoms with E-state index in [1.54, 1.807) is 0 Å². The van der Waals surface area contributed by atoms with E-state index in [4.69, 9.17) is 9.47 Å². The first-order chi connectivity index (χ1) is 33.7. The van der Waals surface area contributed by atoms with Crippen LogP contribution < -0.4 is 5.32 Å². The topological polar surface area (TPSA) is 105 Å². The summed E-state index contributed by atoms with van der Waals surface area (Å²) in [5.41, 5.74) is 0. The minimum Gasteiger partial charge on any atom is -0.465 e. The first kappa shape index (κ1) is 66.8. The maximum atomic E-state index is 14.2. The third-order valence-electron chi connectivity index (χ3n) is 14.4. The summed E-state index contributed by atoms with van der Waals surface area (Å²) in [7, 11) is 0. The number of carbonyl (C=O) groups excluding carboxylic acids is 4. The summed E-state index contributed by atoms with van der Waals surface area (Å²) in [5, 5.41) is 3.27. The highest BCUT2D eigenvalue weighted by molar-refractivity contribution is 5.87. The highest BCUT2D eigenvalue weighted by Gasteiger charge is 2.29. The van der Waals surface area contributed by atoms with Crippen LogP contribution in [0, 0.1) is 11.8 Å². The number of rotatable bonds is 53. The molecule has 0 heterocycles. The molecule has 9 nitrogen and oxygen atoms in total. The highest BCUT2D eigenvalue weighted by Crippen LogP contribution is 2.22. The van der Waals surface area contributed by atoms with E-state index < -0.39 is 6.04 Å². The van der Waals surface area contributed by atoms with Crippen LogP contribution in [0.4, 0.5) is 0 Å². The van der Waals surface area contributed by atoms with Crippen molar-refractivity contribution in [1.29, 1.82) is 0 Å². The second kappa shape index (κ2) is 50.8. The van der Waals surface area contributed by atoms with Crippen LogP contribution in [0.1, 0.15) is 299 Å². The van der Waals surface area contributed by atoms with Gasteiger partial charge in [0.2, 0.25) is 11.8 Å². The number of nitrogens with one attached hydrogen (secondary N) is 1. The summed E-state index contributed by atoms with van der Waals surface area (Å²) in [6, 6.07) is -0.453. The van der Waals surface area contributed by atoms with Gasteiger partial charge in [0.15, 0.2) is 0 Å². The van der Waals surface area contributed by atoms with E-state index in [0.29, 0.717) is 63.8 Å². The number of hydrogen-bond donors (Lipinski definition) is 1. The van der Waals surface area contributed by atoms with Gasteiger partial charge in [0.25, 0.3) is 0 Å². The van der Waals surface area contributed by atoms with Gasteiger partial charge in [-0.05, 0) is 102 Å². The molecule has 0 aromatic heterocycles. The van der Waals surface area contributed by atoms with Crippen LogP contribution in [-0.2, 0) is 28.7 Å². The molecule has 0 aromatic rings. The Bertz CT molecular complexity index is 1170. The highest BCUT2D eigenvalue weighted by atomic mass is 16.5. The SMILES string of the molecule is CCCCCCCCNC(=O)C(CCCCCCCCC(=O)OCC(CCCC)CCCCCC)N(CCCN(CC)CCC)C(=O)CCCCCCCC(=O)OCC(CCCC)CCCCCC. The Hall–Kier alpha value is -2.16. The quantitative estimate of drug-likeness (QED) is 0.0478. The van der Waals surface area contributed by atoms with Crippen molar-refractivity contribution in [2.24, 2.45) is 11.8 Å². The molecule has 0 bridgehead atoms. The van der Waals surface area contributed by atoms with Crippen molar-refractivity contribution in [3.05, 3.63) is 0 Å². The average Bonchev–Trinajstić information content (AvgIpc) is 3.35. The van der Waals surface area contributed by atoms with Gasteiger partial charge < -0.3 is 24.6 Å². The zero-order valence-electron chi connectivity index (χ0n) is 47.1. The molecule has 1 N–H and O–H groups in total. The molecular weight excluding hydrogens is 859 g/mol. The van der Waals surface area contributed by atoms with Crippen molar-refractivity contribution >= 4 is 23.8 Å². The molecule has 0 aliphatic carbocycles. The lowest BCUT2D eigenvalue weighted by atomic mass is 9.96. The van der Waals surface area contributed by atoms with Gasteiger partial charge in [0, 0.05) is 32.4 Å². The summed E-state index contributed by atoms with van der Waals surface area (Å²) in [6.07, 6.45) is 40.9. The molecule has 0 spiro atoms. The predicted molar refractivity (Wildman–Crippen MR) is 294 cm³/mol. The molecule has 3 unspecified atom stereocenters. The van der Waals surface area contributed by atoms with Gasteiger partial charge in [0.1, 0.15) is 6.04 Å². The van der Waals surface area contributed by atoms with Gasteiger partial charge in [0.05, 0.1) is 13.2 Å². The normalized spacial score (nSPS) is 12.8. The number of unbranched alkanes of at least 4 members (excludes halogenated alkanes) is 22. The monoisotopic (exact) mass is 976 g/mol. The zero-order valence-corrected chi connectivity index (χ0v) is 47.1.